The average molecular weight is 358 g/mol. The third kappa shape index (κ3) is 4.58. The van der Waals surface area contributed by atoms with Gasteiger partial charge in [-0.3, -0.25) is 0 Å². The van der Waals surface area contributed by atoms with Gasteiger partial charge in [0.05, 0.1) is 5.69 Å². The second kappa shape index (κ2) is 9.19. The number of allylic oxidation sites excluding steroid dienone is 4. The summed E-state index contributed by atoms with van der Waals surface area (Å²) in [6, 6.07) is 10.4. The van der Waals surface area contributed by atoms with E-state index in [9.17, 15) is 0 Å². The topological polar surface area (TPSA) is 12.9 Å². The van der Waals surface area contributed by atoms with E-state index in [1.165, 1.54) is 42.4 Å². The highest BCUT2D eigenvalue weighted by atomic mass is 35.5. The predicted octanol–water partition coefficient (Wildman–Crippen LogP) is 7.10. The zero-order valence-electron chi connectivity index (χ0n) is 14.0. The Bertz CT molecular complexity index is 700. The largest absolute Gasteiger partial charge is 0.236 e. The fraction of sp³-hybridized carbons (Fsp3) is 0.381. The number of rotatable bonds is 7. The van der Waals surface area contributed by atoms with Gasteiger partial charge < -0.3 is 0 Å². The van der Waals surface area contributed by atoms with Crippen molar-refractivity contribution in [2.24, 2.45) is 0 Å². The standard InChI is InChI=1S/C21H24ClNS/c22-15-9-3-8-14-19(17-10-4-1-5-11-17)21-23-20(16-24-21)18-12-6-2-7-13-18/h2,6-7,10,12-14,16H,1,3-5,8-9,11,15H2. The summed E-state index contributed by atoms with van der Waals surface area (Å²) in [6.45, 7) is 0. The molecule has 1 aliphatic carbocycles. The fourth-order valence-electron chi connectivity index (χ4n) is 3.06. The third-order valence-corrected chi connectivity index (χ3v) is 5.52. The highest BCUT2D eigenvalue weighted by molar-refractivity contribution is 7.11. The van der Waals surface area contributed by atoms with E-state index in [1.54, 1.807) is 11.3 Å². The minimum atomic E-state index is 0.751. The molecule has 126 valence electrons. The zero-order chi connectivity index (χ0) is 16.6. The number of hydrogen-bond donors (Lipinski definition) is 0. The Morgan fingerprint density at radius 2 is 2.04 bits per heavy atom. The molecule has 1 heterocycles. The Balaban J connectivity index is 1.85. The first kappa shape index (κ1) is 17.4. The van der Waals surface area contributed by atoms with Gasteiger partial charge in [-0.1, -0.05) is 42.5 Å². The Morgan fingerprint density at radius 1 is 1.17 bits per heavy atom. The molecule has 0 saturated carbocycles. The second-order valence-electron chi connectivity index (χ2n) is 6.18. The number of hydrogen-bond acceptors (Lipinski definition) is 2. The number of nitrogens with zero attached hydrogens (tertiary/aromatic N) is 1. The van der Waals surface area contributed by atoms with Crippen molar-refractivity contribution in [3.05, 3.63) is 58.4 Å². The monoisotopic (exact) mass is 357 g/mol. The van der Waals surface area contributed by atoms with Crippen molar-refractivity contribution in [1.82, 2.24) is 4.98 Å². The van der Waals surface area contributed by atoms with E-state index in [-0.39, 0.29) is 0 Å². The van der Waals surface area contributed by atoms with E-state index in [1.807, 2.05) is 6.07 Å². The summed E-state index contributed by atoms with van der Waals surface area (Å²) in [4.78, 5) is 4.94. The van der Waals surface area contributed by atoms with Crippen LogP contribution in [0.25, 0.3) is 16.8 Å². The minimum absolute atomic E-state index is 0.751. The van der Waals surface area contributed by atoms with Crippen molar-refractivity contribution in [1.29, 1.82) is 0 Å². The summed E-state index contributed by atoms with van der Waals surface area (Å²) in [5.74, 6) is 0.751. The van der Waals surface area contributed by atoms with Gasteiger partial charge in [-0.2, -0.15) is 0 Å². The maximum absolute atomic E-state index is 5.81. The number of benzene rings is 1. The first-order valence-corrected chi connectivity index (χ1v) is 10.3. The summed E-state index contributed by atoms with van der Waals surface area (Å²) in [7, 11) is 0. The lowest BCUT2D eigenvalue weighted by molar-refractivity contribution is 0.713. The molecule has 2 aromatic rings. The lowest BCUT2D eigenvalue weighted by atomic mass is 9.93. The van der Waals surface area contributed by atoms with Crippen LogP contribution in [-0.2, 0) is 0 Å². The van der Waals surface area contributed by atoms with Gasteiger partial charge in [-0.15, -0.1) is 22.9 Å². The normalized spacial score (nSPS) is 15.4. The number of thiazole rings is 1. The molecule has 0 fully saturated rings. The highest BCUT2D eigenvalue weighted by Gasteiger charge is 2.14. The van der Waals surface area contributed by atoms with Crippen LogP contribution in [0.3, 0.4) is 0 Å². The van der Waals surface area contributed by atoms with Gasteiger partial charge in [0, 0.05) is 22.4 Å². The Kier molecular flexibility index (Phi) is 6.68. The maximum Gasteiger partial charge on any atom is 0.123 e. The van der Waals surface area contributed by atoms with Crippen LogP contribution in [0.4, 0.5) is 0 Å². The molecule has 0 unspecified atom stereocenters. The number of halogens is 1. The van der Waals surface area contributed by atoms with E-state index < -0.39 is 0 Å². The van der Waals surface area contributed by atoms with Crippen molar-refractivity contribution in [3.63, 3.8) is 0 Å². The van der Waals surface area contributed by atoms with Crippen molar-refractivity contribution in [3.8, 4) is 11.3 Å². The first-order chi connectivity index (χ1) is 11.9. The molecule has 1 aliphatic rings. The molecule has 0 radical (unpaired) electrons. The van der Waals surface area contributed by atoms with Crippen LogP contribution >= 0.6 is 22.9 Å². The van der Waals surface area contributed by atoms with E-state index in [2.05, 4.69) is 41.8 Å². The van der Waals surface area contributed by atoms with Gasteiger partial charge in [0.2, 0.25) is 0 Å². The number of unbranched alkanes of at least 4 members (excludes halogenated alkanes) is 2. The molecular formula is C21H24ClNS. The molecular weight excluding hydrogens is 334 g/mol. The molecule has 24 heavy (non-hydrogen) atoms. The van der Waals surface area contributed by atoms with Gasteiger partial charge in [0.15, 0.2) is 0 Å². The molecule has 3 rings (SSSR count). The third-order valence-electron chi connectivity index (χ3n) is 4.38. The lowest BCUT2D eigenvalue weighted by Crippen LogP contribution is -1.96. The zero-order valence-corrected chi connectivity index (χ0v) is 15.6. The Morgan fingerprint density at radius 3 is 2.79 bits per heavy atom. The molecule has 0 amide bonds. The fourth-order valence-corrected chi connectivity index (χ4v) is 4.16. The van der Waals surface area contributed by atoms with Crippen molar-refractivity contribution in [2.45, 2.75) is 44.9 Å². The molecule has 0 aliphatic heterocycles. The van der Waals surface area contributed by atoms with Gasteiger partial charge in [-0.25, -0.2) is 4.98 Å². The highest BCUT2D eigenvalue weighted by Crippen LogP contribution is 2.34. The Hall–Kier alpha value is -1.38. The van der Waals surface area contributed by atoms with Gasteiger partial charge in [0.25, 0.3) is 0 Å². The molecule has 0 saturated heterocycles. The van der Waals surface area contributed by atoms with E-state index in [4.69, 9.17) is 16.6 Å². The van der Waals surface area contributed by atoms with Gasteiger partial charge >= 0.3 is 0 Å². The quantitative estimate of drug-likeness (QED) is 0.380. The molecule has 1 nitrogen and oxygen atoms in total. The summed E-state index contributed by atoms with van der Waals surface area (Å²) in [5, 5.41) is 3.34. The summed E-state index contributed by atoms with van der Waals surface area (Å²) >= 11 is 7.57. The minimum Gasteiger partial charge on any atom is -0.236 e. The first-order valence-electron chi connectivity index (χ1n) is 8.85. The number of alkyl halides is 1. The molecule has 0 N–H and O–H groups in total. The molecule has 0 spiro atoms. The van der Waals surface area contributed by atoms with Crippen LogP contribution in [0.15, 0.2) is 53.4 Å². The van der Waals surface area contributed by atoms with Gasteiger partial charge in [-0.05, 0) is 50.5 Å². The molecule has 3 heteroatoms. The smallest absolute Gasteiger partial charge is 0.123 e. The van der Waals surface area contributed by atoms with E-state index in [0.29, 0.717) is 0 Å². The molecule has 0 bridgehead atoms. The molecule has 1 aromatic carbocycles. The SMILES string of the molecule is ClCCCCC=C(C1=CCCCC1)c1nc(-c2ccccc2)cs1. The van der Waals surface area contributed by atoms with Crippen LogP contribution in [0, 0.1) is 0 Å². The van der Waals surface area contributed by atoms with Gasteiger partial charge in [0.1, 0.15) is 5.01 Å². The Labute approximate surface area is 154 Å². The second-order valence-corrected chi connectivity index (χ2v) is 7.42. The van der Waals surface area contributed by atoms with Crippen molar-refractivity contribution < 1.29 is 0 Å². The van der Waals surface area contributed by atoms with Crippen LogP contribution in [0.2, 0.25) is 0 Å². The summed E-state index contributed by atoms with van der Waals surface area (Å²) in [5.41, 5.74) is 5.12. The van der Waals surface area contributed by atoms with Crippen LogP contribution < -0.4 is 0 Å². The number of aromatic nitrogens is 1. The molecule has 0 atom stereocenters. The van der Waals surface area contributed by atoms with Crippen LogP contribution in [0.5, 0.6) is 0 Å². The maximum atomic E-state index is 5.81. The average Bonchev–Trinajstić information content (AvgIpc) is 3.13. The van der Waals surface area contributed by atoms with Crippen LogP contribution in [0.1, 0.15) is 50.0 Å². The van der Waals surface area contributed by atoms with Crippen molar-refractivity contribution in [2.75, 3.05) is 5.88 Å². The van der Waals surface area contributed by atoms with E-state index in [0.717, 1.165) is 35.8 Å². The lowest BCUT2D eigenvalue weighted by Gasteiger charge is -2.15. The summed E-state index contributed by atoms with van der Waals surface area (Å²) < 4.78 is 0. The molecule has 1 aromatic heterocycles. The predicted molar refractivity (Wildman–Crippen MR) is 107 cm³/mol. The van der Waals surface area contributed by atoms with Crippen molar-refractivity contribution >= 4 is 28.5 Å². The summed E-state index contributed by atoms with van der Waals surface area (Å²) in [6.07, 6.45) is 13.1. The van der Waals surface area contributed by atoms with E-state index >= 15 is 0 Å². The van der Waals surface area contributed by atoms with Crippen LogP contribution in [-0.4, -0.2) is 10.9 Å².